The van der Waals surface area contributed by atoms with E-state index >= 15 is 0 Å². The van der Waals surface area contributed by atoms with Crippen LogP contribution in [0.4, 0.5) is 4.39 Å². The molecule has 0 aliphatic rings. The third-order valence-corrected chi connectivity index (χ3v) is 5.86. The fraction of sp³-hybridized carbons (Fsp3) is 0.190. The maximum absolute atomic E-state index is 14.2. The molecule has 8 heteroatoms. The van der Waals surface area contributed by atoms with E-state index in [1.165, 1.54) is 30.3 Å². The van der Waals surface area contributed by atoms with Crippen LogP contribution in [0.3, 0.4) is 0 Å². The SMILES string of the molecule is Cc1c(-c2cccc(S(C)(=O)=O)c2)c2cc(C(=O)O)ccc2n1C/C(F)=C/C[NH]. The van der Waals surface area contributed by atoms with E-state index in [0.29, 0.717) is 27.7 Å². The molecule has 0 aliphatic heterocycles. The summed E-state index contributed by atoms with van der Waals surface area (Å²) in [7, 11) is -3.43. The van der Waals surface area contributed by atoms with Crippen molar-refractivity contribution in [3.8, 4) is 11.1 Å². The van der Waals surface area contributed by atoms with E-state index in [1.54, 1.807) is 29.7 Å². The van der Waals surface area contributed by atoms with E-state index in [-0.39, 0.29) is 23.5 Å². The Hall–Kier alpha value is -2.97. The zero-order valence-corrected chi connectivity index (χ0v) is 16.8. The lowest BCUT2D eigenvalue weighted by molar-refractivity contribution is 0.0697. The minimum atomic E-state index is -3.43. The van der Waals surface area contributed by atoms with Gasteiger partial charge in [-0.15, -0.1) is 0 Å². The Morgan fingerprint density at radius 2 is 1.97 bits per heavy atom. The maximum atomic E-state index is 14.2. The summed E-state index contributed by atoms with van der Waals surface area (Å²) in [5.74, 6) is -1.56. The number of halogens is 1. The van der Waals surface area contributed by atoms with Gasteiger partial charge in [0.15, 0.2) is 9.84 Å². The average molecular weight is 415 g/mol. The van der Waals surface area contributed by atoms with Crippen molar-refractivity contribution in [2.45, 2.75) is 18.4 Å². The third kappa shape index (κ3) is 4.08. The zero-order valence-electron chi connectivity index (χ0n) is 15.9. The number of fused-ring (bicyclic) bond motifs is 1. The van der Waals surface area contributed by atoms with Gasteiger partial charge in [0, 0.05) is 35.0 Å². The van der Waals surface area contributed by atoms with Gasteiger partial charge >= 0.3 is 5.97 Å². The Labute approximate surface area is 168 Å². The van der Waals surface area contributed by atoms with Crippen LogP contribution in [-0.4, -0.2) is 36.9 Å². The Morgan fingerprint density at radius 3 is 2.59 bits per heavy atom. The minimum absolute atomic E-state index is 0.0809. The topological polar surface area (TPSA) is 100 Å². The second-order valence-electron chi connectivity index (χ2n) is 6.74. The van der Waals surface area contributed by atoms with Gasteiger partial charge in [-0.1, -0.05) is 12.1 Å². The number of carboxylic acids is 1. The van der Waals surface area contributed by atoms with Crippen LogP contribution in [0.5, 0.6) is 0 Å². The van der Waals surface area contributed by atoms with Crippen molar-refractivity contribution in [3.63, 3.8) is 0 Å². The van der Waals surface area contributed by atoms with Gasteiger partial charge in [-0.3, -0.25) is 5.73 Å². The molecule has 0 saturated carbocycles. The van der Waals surface area contributed by atoms with Crippen molar-refractivity contribution >= 4 is 26.7 Å². The van der Waals surface area contributed by atoms with Gasteiger partial charge in [0.25, 0.3) is 0 Å². The summed E-state index contributed by atoms with van der Waals surface area (Å²) in [5.41, 5.74) is 9.78. The number of aromatic nitrogens is 1. The smallest absolute Gasteiger partial charge is 0.335 e. The van der Waals surface area contributed by atoms with Crippen molar-refractivity contribution in [2.24, 2.45) is 0 Å². The van der Waals surface area contributed by atoms with E-state index in [9.17, 15) is 22.7 Å². The van der Waals surface area contributed by atoms with E-state index < -0.39 is 21.6 Å². The van der Waals surface area contributed by atoms with Gasteiger partial charge < -0.3 is 9.67 Å². The second-order valence-corrected chi connectivity index (χ2v) is 8.75. The average Bonchev–Trinajstić information content (AvgIpc) is 2.92. The molecule has 0 aliphatic carbocycles. The summed E-state index contributed by atoms with van der Waals surface area (Å²) in [6.07, 6.45) is 2.28. The highest BCUT2D eigenvalue weighted by Gasteiger charge is 2.19. The first-order valence-electron chi connectivity index (χ1n) is 8.79. The lowest BCUT2D eigenvalue weighted by Crippen LogP contribution is -2.02. The number of rotatable bonds is 6. The molecule has 1 heterocycles. The van der Waals surface area contributed by atoms with Crippen LogP contribution in [0.15, 0.2) is 59.3 Å². The predicted molar refractivity (Wildman–Crippen MR) is 109 cm³/mol. The molecule has 3 aromatic rings. The first-order chi connectivity index (χ1) is 13.6. The molecule has 0 atom stereocenters. The molecule has 2 N–H and O–H groups in total. The Kier molecular flexibility index (Phi) is 5.59. The summed E-state index contributed by atoms with van der Waals surface area (Å²) >= 11 is 0. The highest BCUT2D eigenvalue weighted by molar-refractivity contribution is 7.90. The van der Waals surface area contributed by atoms with Gasteiger partial charge in [-0.25, -0.2) is 17.6 Å². The zero-order chi connectivity index (χ0) is 21.3. The number of benzene rings is 2. The van der Waals surface area contributed by atoms with Gasteiger partial charge in [0.2, 0.25) is 0 Å². The molecule has 1 aromatic heterocycles. The fourth-order valence-electron chi connectivity index (χ4n) is 3.39. The molecule has 0 bridgehead atoms. The maximum Gasteiger partial charge on any atom is 0.335 e. The highest BCUT2D eigenvalue weighted by atomic mass is 32.2. The van der Waals surface area contributed by atoms with Crippen molar-refractivity contribution < 1.29 is 22.7 Å². The fourth-order valence-corrected chi connectivity index (χ4v) is 4.06. The number of aromatic carboxylic acids is 1. The molecule has 0 fully saturated rings. The first kappa shape index (κ1) is 20.8. The summed E-state index contributed by atoms with van der Waals surface area (Å²) in [4.78, 5) is 11.6. The van der Waals surface area contributed by atoms with E-state index in [2.05, 4.69) is 0 Å². The van der Waals surface area contributed by atoms with E-state index in [1.807, 2.05) is 0 Å². The Balaban J connectivity index is 2.33. The predicted octanol–water partition coefficient (Wildman–Crippen LogP) is 3.85. The number of carbonyl (C=O) groups is 1. The van der Waals surface area contributed by atoms with E-state index in [0.717, 1.165) is 6.26 Å². The summed E-state index contributed by atoms with van der Waals surface area (Å²) in [5, 5.41) is 9.96. The lowest BCUT2D eigenvalue weighted by atomic mass is 10.0. The first-order valence-corrected chi connectivity index (χ1v) is 10.7. The highest BCUT2D eigenvalue weighted by Crippen LogP contribution is 2.36. The molecule has 6 nitrogen and oxygen atoms in total. The second kappa shape index (κ2) is 7.81. The quantitative estimate of drug-likeness (QED) is 0.661. The summed E-state index contributed by atoms with van der Waals surface area (Å²) < 4.78 is 39.8. The molecule has 0 spiro atoms. The standard InChI is InChI=1S/C21H20FN2O4S/c1-13-20(14-4-3-5-17(10-14)29(2,27)28)18-11-15(21(25)26)6-7-19(18)24(13)12-16(22)8-9-23/h3-8,10-11,23H,9,12H2,1-2H3,(H,25,26)/b16-8-. The van der Waals surface area contributed by atoms with Crippen LogP contribution < -0.4 is 5.73 Å². The Morgan fingerprint density at radius 1 is 1.24 bits per heavy atom. The van der Waals surface area contributed by atoms with Crippen molar-refractivity contribution in [3.05, 3.63) is 65.6 Å². The molecule has 0 saturated heterocycles. The van der Waals surface area contributed by atoms with Crippen LogP contribution in [0.1, 0.15) is 16.1 Å². The molecule has 2 aromatic carbocycles. The number of allylic oxidation sites excluding steroid dienone is 1. The van der Waals surface area contributed by atoms with Crippen LogP contribution in [0, 0.1) is 6.92 Å². The number of nitrogens with zero attached hydrogens (tertiary/aromatic N) is 1. The lowest BCUT2D eigenvalue weighted by Gasteiger charge is -2.08. The molecule has 29 heavy (non-hydrogen) atoms. The Bertz CT molecular complexity index is 1240. The third-order valence-electron chi connectivity index (χ3n) is 4.75. The molecule has 1 radical (unpaired) electrons. The number of sulfone groups is 1. The van der Waals surface area contributed by atoms with E-state index in [4.69, 9.17) is 5.73 Å². The molecule has 151 valence electrons. The van der Waals surface area contributed by atoms with Crippen LogP contribution in [-0.2, 0) is 16.4 Å². The van der Waals surface area contributed by atoms with Crippen LogP contribution in [0.2, 0.25) is 0 Å². The summed E-state index contributed by atoms with van der Waals surface area (Å²) in [6, 6.07) is 11.0. The minimum Gasteiger partial charge on any atom is -0.478 e. The number of nitrogens with one attached hydrogen (secondary N) is 1. The molecule has 0 amide bonds. The number of carboxylic acid groups (broad SMARTS) is 1. The molecular weight excluding hydrogens is 395 g/mol. The van der Waals surface area contributed by atoms with Crippen LogP contribution >= 0.6 is 0 Å². The molecule has 0 unspecified atom stereocenters. The van der Waals surface area contributed by atoms with Crippen molar-refractivity contribution in [1.82, 2.24) is 10.3 Å². The van der Waals surface area contributed by atoms with Gasteiger partial charge in [0.1, 0.15) is 5.83 Å². The normalized spacial score (nSPS) is 12.5. The van der Waals surface area contributed by atoms with Crippen molar-refractivity contribution in [1.29, 1.82) is 0 Å². The monoisotopic (exact) mass is 415 g/mol. The van der Waals surface area contributed by atoms with Crippen LogP contribution in [0.25, 0.3) is 22.0 Å². The van der Waals surface area contributed by atoms with Crippen molar-refractivity contribution in [2.75, 3.05) is 12.8 Å². The van der Waals surface area contributed by atoms with Gasteiger partial charge in [0.05, 0.1) is 17.0 Å². The van der Waals surface area contributed by atoms with Gasteiger partial charge in [-0.05, 0) is 48.9 Å². The molecule has 3 rings (SSSR count). The number of hydrogen-bond donors (Lipinski definition) is 1. The molecular formula is C21H20FN2O4S. The van der Waals surface area contributed by atoms with Gasteiger partial charge in [-0.2, -0.15) is 0 Å². The number of hydrogen-bond acceptors (Lipinski definition) is 3. The largest absolute Gasteiger partial charge is 0.478 e. The summed E-state index contributed by atoms with van der Waals surface area (Å²) in [6.45, 7) is 1.49.